The molecule has 0 aliphatic heterocycles. The van der Waals surface area contributed by atoms with Crippen LogP contribution in [-0.4, -0.2) is 6.29 Å². The highest BCUT2D eigenvalue weighted by Crippen LogP contribution is 2.33. The van der Waals surface area contributed by atoms with Crippen molar-refractivity contribution in [2.24, 2.45) is 0 Å². The van der Waals surface area contributed by atoms with Gasteiger partial charge < -0.3 is 0 Å². The second-order valence-corrected chi connectivity index (χ2v) is 4.95. The van der Waals surface area contributed by atoms with Gasteiger partial charge in [0.1, 0.15) is 0 Å². The summed E-state index contributed by atoms with van der Waals surface area (Å²) in [6.45, 7) is 0. The van der Waals surface area contributed by atoms with Gasteiger partial charge >= 0.3 is 0 Å². The average molecular weight is 220 g/mol. The molecule has 0 atom stereocenters. The Labute approximate surface area is 90.8 Å². The maximum absolute atomic E-state index is 10.7. The molecule has 2 aromatic rings. The Kier molecular flexibility index (Phi) is 3.01. The number of hydrogen-bond acceptors (Lipinski definition) is 3. The van der Waals surface area contributed by atoms with E-state index in [4.69, 9.17) is 0 Å². The Morgan fingerprint density at radius 3 is 2.64 bits per heavy atom. The second kappa shape index (κ2) is 4.44. The number of benzene rings is 1. The van der Waals surface area contributed by atoms with Crippen LogP contribution >= 0.6 is 23.1 Å². The van der Waals surface area contributed by atoms with Crippen molar-refractivity contribution in [3.63, 3.8) is 0 Å². The summed E-state index contributed by atoms with van der Waals surface area (Å²) in [6, 6.07) is 11.9. The summed E-state index contributed by atoms with van der Waals surface area (Å²) in [4.78, 5) is 11.8. The van der Waals surface area contributed by atoms with E-state index in [1.165, 1.54) is 0 Å². The lowest BCUT2D eigenvalue weighted by molar-refractivity contribution is 0.112. The topological polar surface area (TPSA) is 17.1 Å². The van der Waals surface area contributed by atoms with Crippen LogP contribution in [0.3, 0.4) is 0 Å². The Balaban J connectivity index is 2.23. The molecule has 0 unspecified atom stereocenters. The van der Waals surface area contributed by atoms with Gasteiger partial charge in [0.05, 0.1) is 4.21 Å². The van der Waals surface area contributed by atoms with Crippen molar-refractivity contribution in [3.8, 4) is 0 Å². The fourth-order valence-corrected chi connectivity index (χ4v) is 3.05. The molecule has 0 fully saturated rings. The highest BCUT2D eigenvalue weighted by molar-refractivity contribution is 8.01. The summed E-state index contributed by atoms with van der Waals surface area (Å²) in [5.41, 5.74) is 0.781. The van der Waals surface area contributed by atoms with Gasteiger partial charge in [-0.25, -0.2) is 0 Å². The first-order valence-electron chi connectivity index (χ1n) is 4.16. The van der Waals surface area contributed by atoms with Gasteiger partial charge in [-0.2, -0.15) is 0 Å². The first kappa shape index (κ1) is 9.49. The lowest BCUT2D eigenvalue weighted by Gasteiger charge is -1.98. The van der Waals surface area contributed by atoms with Crippen molar-refractivity contribution < 1.29 is 4.79 Å². The number of rotatable bonds is 3. The molecule has 1 aromatic heterocycles. The van der Waals surface area contributed by atoms with Crippen molar-refractivity contribution >= 4 is 29.4 Å². The molecule has 14 heavy (non-hydrogen) atoms. The predicted octanol–water partition coefficient (Wildman–Crippen LogP) is 3.71. The Hall–Kier alpha value is -1.06. The first-order chi connectivity index (χ1) is 6.90. The summed E-state index contributed by atoms with van der Waals surface area (Å²) < 4.78 is 1.06. The van der Waals surface area contributed by atoms with E-state index >= 15 is 0 Å². The largest absolute Gasteiger partial charge is 0.298 e. The molecule has 2 rings (SSSR count). The highest BCUT2D eigenvalue weighted by atomic mass is 32.2. The fraction of sp³-hybridized carbons (Fsp3) is 0. The van der Waals surface area contributed by atoms with E-state index in [0.29, 0.717) is 0 Å². The monoisotopic (exact) mass is 220 g/mol. The molecule has 0 spiro atoms. The van der Waals surface area contributed by atoms with Gasteiger partial charge in [0.25, 0.3) is 0 Å². The van der Waals surface area contributed by atoms with Gasteiger partial charge in [-0.15, -0.1) is 11.3 Å². The van der Waals surface area contributed by atoms with Crippen LogP contribution in [0, 0.1) is 0 Å². The SMILES string of the molecule is O=Cc1ccsc1Sc1ccccc1. The van der Waals surface area contributed by atoms with Crippen molar-refractivity contribution in [2.75, 3.05) is 0 Å². The molecule has 1 heterocycles. The molecule has 0 bridgehead atoms. The van der Waals surface area contributed by atoms with Crippen LogP contribution < -0.4 is 0 Å². The number of thiophene rings is 1. The van der Waals surface area contributed by atoms with E-state index in [0.717, 1.165) is 21.0 Å². The van der Waals surface area contributed by atoms with Gasteiger partial charge in [-0.05, 0) is 23.6 Å². The molecule has 0 radical (unpaired) electrons. The van der Waals surface area contributed by atoms with Gasteiger partial charge in [-0.3, -0.25) is 4.79 Å². The molecule has 0 saturated carbocycles. The van der Waals surface area contributed by atoms with Crippen LogP contribution in [-0.2, 0) is 0 Å². The Bertz CT molecular complexity index is 420. The normalized spacial score (nSPS) is 10.0. The minimum Gasteiger partial charge on any atom is -0.298 e. The van der Waals surface area contributed by atoms with Crippen molar-refractivity contribution in [1.82, 2.24) is 0 Å². The van der Waals surface area contributed by atoms with Crippen LogP contribution in [0.4, 0.5) is 0 Å². The maximum atomic E-state index is 10.7. The molecular formula is C11H8OS2. The van der Waals surface area contributed by atoms with E-state index in [-0.39, 0.29) is 0 Å². The maximum Gasteiger partial charge on any atom is 0.152 e. The van der Waals surface area contributed by atoms with Gasteiger partial charge in [-0.1, -0.05) is 30.0 Å². The third kappa shape index (κ3) is 2.05. The summed E-state index contributed by atoms with van der Waals surface area (Å²) in [7, 11) is 0. The quantitative estimate of drug-likeness (QED) is 0.733. The lowest BCUT2D eigenvalue weighted by Crippen LogP contribution is -1.76. The van der Waals surface area contributed by atoms with Crippen molar-refractivity contribution in [1.29, 1.82) is 0 Å². The van der Waals surface area contributed by atoms with E-state index in [1.807, 2.05) is 41.8 Å². The minimum absolute atomic E-state index is 0.781. The molecule has 70 valence electrons. The van der Waals surface area contributed by atoms with E-state index in [2.05, 4.69) is 0 Å². The smallest absolute Gasteiger partial charge is 0.152 e. The number of carbonyl (C=O) groups excluding carboxylic acids is 1. The van der Waals surface area contributed by atoms with Crippen molar-refractivity contribution in [2.45, 2.75) is 9.10 Å². The van der Waals surface area contributed by atoms with E-state index in [1.54, 1.807) is 23.1 Å². The fourth-order valence-electron chi connectivity index (χ4n) is 1.07. The molecule has 0 aliphatic carbocycles. The standard InChI is InChI=1S/C11H8OS2/c12-8-9-6-7-13-11(9)14-10-4-2-1-3-5-10/h1-8H. The van der Waals surface area contributed by atoms with Gasteiger partial charge in [0.15, 0.2) is 6.29 Å². The molecule has 0 saturated heterocycles. The second-order valence-electron chi connectivity index (χ2n) is 2.70. The zero-order valence-electron chi connectivity index (χ0n) is 7.34. The zero-order valence-corrected chi connectivity index (χ0v) is 8.98. The average Bonchev–Trinajstić information content (AvgIpc) is 2.67. The van der Waals surface area contributed by atoms with Gasteiger partial charge in [0.2, 0.25) is 0 Å². The van der Waals surface area contributed by atoms with E-state index < -0.39 is 0 Å². The third-order valence-corrected chi connectivity index (χ3v) is 3.93. The third-order valence-electron chi connectivity index (χ3n) is 1.74. The zero-order chi connectivity index (χ0) is 9.80. The van der Waals surface area contributed by atoms with Crippen LogP contribution in [0.5, 0.6) is 0 Å². The predicted molar refractivity (Wildman–Crippen MR) is 60.3 cm³/mol. The summed E-state index contributed by atoms with van der Waals surface area (Å²) in [5, 5.41) is 1.94. The number of aldehydes is 1. The number of carbonyl (C=O) groups is 1. The molecule has 0 amide bonds. The Morgan fingerprint density at radius 1 is 1.14 bits per heavy atom. The van der Waals surface area contributed by atoms with Crippen LogP contribution in [0.1, 0.15) is 10.4 Å². The minimum atomic E-state index is 0.781. The molecule has 1 aromatic carbocycles. The number of hydrogen-bond donors (Lipinski definition) is 0. The molecule has 1 nitrogen and oxygen atoms in total. The van der Waals surface area contributed by atoms with Crippen LogP contribution in [0.2, 0.25) is 0 Å². The van der Waals surface area contributed by atoms with Gasteiger partial charge in [0, 0.05) is 10.5 Å². The van der Waals surface area contributed by atoms with Crippen LogP contribution in [0.15, 0.2) is 50.9 Å². The molecule has 3 heteroatoms. The summed E-state index contributed by atoms with van der Waals surface area (Å²) >= 11 is 3.23. The molecule has 0 N–H and O–H groups in total. The molecular weight excluding hydrogens is 212 g/mol. The lowest BCUT2D eigenvalue weighted by atomic mass is 10.4. The summed E-state index contributed by atoms with van der Waals surface area (Å²) in [5.74, 6) is 0. The van der Waals surface area contributed by atoms with E-state index in [9.17, 15) is 4.79 Å². The highest BCUT2D eigenvalue weighted by Gasteiger charge is 2.04. The Morgan fingerprint density at radius 2 is 1.93 bits per heavy atom. The molecule has 0 aliphatic rings. The summed E-state index contributed by atoms with van der Waals surface area (Å²) in [6.07, 6.45) is 0.905. The first-order valence-corrected chi connectivity index (χ1v) is 5.85. The van der Waals surface area contributed by atoms with Crippen LogP contribution in [0.25, 0.3) is 0 Å². The van der Waals surface area contributed by atoms with Crippen molar-refractivity contribution in [3.05, 3.63) is 47.3 Å².